The van der Waals surface area contributed by atoms with E-state index in [2.05, 4.69) is 79.5 Å². The van der Waals surface area contributed by atoms with Crippen molar-refractivity contribution in [2.75, 3.05) is 18.0 Å². The number of rotatable bonds is 7. The lowest BCUT2D eigenvalue weighted by molar-refractivity contribution is -0.121. The first-order valence-corrected chi connectivity index (χ1v) is 8.22. The number of nitrogens with one attached hydrogen (secondary N) is 1. The summed E-state index contributed by atoms with van der Waals surface area (Å²) < 4.78 is 0. The molecule has 0 atom stereocenters. The fraction of sp³-hybridized carbons (Fsp3) is 0.350. The minimum atomic E-state index is 0.0941. The first kappa shape index (κ1) is 17.1. The van der Waals surface area contributed by atoms with Crippen LogP contribution in [-0.2, 0) is 11.3 Å². The third-order valence-corrected chi connectivity index (χ3v) is 3.97. The van der Waals surface area contributed by atoms with E-state index in [1.165, 1.54) is 16.8 Å². The summed E-state index contributed by atoms with van der Waals surface area (Å²) in [6.45, 7) is 8.50. The Labute approximate surface area is 139 Å². The van der Waals surface area contributed by atoms with Gasteiger partial charge in [-0.3, -0.25) is 4.79 Å². The standard InChI is InChI=1S/C20H26N2O/c1-4-22(19-7-5-6-17(3)14-19)13-12-20(23)21-15-18-10-8-16(2)9-11-18/h5-11,14H,4,12-13,15H2,1-3H3,(H,21,23). The number of anilines is 1. The van der Waals surface area contributed by atoms with Gasteiger partial charge in [-0.25, -0.2) is 0 Å². The summed E-state index contributed by atoms with van der Waals surface area (Å²) in [7, 11) is 0. The van der Waals surface area contributed by atoms with Gasteiger partial charge in [0, 0.05) is 31.7 Å². The van der Waals surface area contributed by atoms with Crippen molar-refractivity contribution in [2.24, 2.45) is 0 Å². The second kappa shape index (κ2) is 8.37. The van der Waals surface area contributed by atoms with Crippen LogP contribution in [0.2, 0.25) is 0 Å². The molecule has 0 aliphatic carbocycles. The lowest BCUT2D eigenvalue weighted by Crippen LogP contribution is -2.30. The third kappa shape index (κ3) is 5.44. The molecule has 0 fully saturated rings. The van der Waals surface area contributed by atoms with Gasteiger partial charge < -0.3 is 10.2 Å². The first-order chi connectivity index (χ1) is 11.1. The van der Waals surface area contributed by atoms with E-state index < -0.39 is 0 Å². The zero-order chi connectivity index (χ0) is 16.7. The molecule has 2 aromatic rings. The van der Waals surface area contributed by atoms with Crippen LogP contribution >= 0.6 is 0 Å². The van der Waals surface area contributed by atoms with Gasteiger partial charge >= 0.3 is 0 Å². The maximum absolute atomic E-state index is 12.1. The zero-order valence-electron chi connectivity index (χ0n) is 14.3. The Hall–Kier alpha value is -2.29. The highest BCUT2D eigenvalue weighted by Crippen LogP contribution is 2.15. The molecular formula is C20H26N2O. The lowest BCUT2D eigenvalue weighted by Gasteiger charge is -2.23. The number of benzene rings is 2. The van der Waals surface area contributed by atoms with Crippen molar-refractivity contribution in [1.82, 2.24) is 5.32 Å². The van der Waals surface area contributed by atoms with E-state index in [1.807, 2.05) is 0 Å². The number of carbonyl (C=O) groups excluding carboxylic acids is 1. The van der Waals surface area contributed by atoms with Crippen LogP contribution in [-0.4, -0.2) is 19.0 Å². The van der Waals surface area contributed by atoms with E-state index in [1.54, 1.807) is 0 Å². The molecule has 1 N–H and O–H groups in total. The highest BCUT2D eigenvalue weighted by molar-refractivity contribution is 5.76. The molecule has 0 saturated heterocycles. The van der Waals surface area contributed by atoms with Crippen LogP contribution in [0.15, 0.2) is 48.5 Å². The van der Waals surface area contributed by atoms with Crippen molar-refractivity contribution in [3.63, 3.8) is 0 Å². The number of hydrogen-bond acceptors (Lipinski definition) is 2. The van der Waals surface area contributed by atoms with E-state index in [4.69, 9.17) is 0 Å². The minimum Gasteiger partial charge on any atom is -0.371 e. The van der Waals surface area contributed by atoms with Gasteiger partial charge in [0.15, 0.2) is 0 Å². The maximum atomic E-state index is 12.1. The minimum absolute atomic E-state index is 0.0941. The molecule has 2 rings (SSSR count). The molecule has 2 aromatic carbocycles. The number of carbonyl (C=O) groups is 1. The van der Waals surface area contributed by atoms with Gasteiger partial charge in [0.05, 0.1) is 0 Å². The Balaban J connectivity index is 1.81. The van der Waals surface area contributed by atoms with Gasteiger partial charge in [0.1, 0.15) is 0 Å². The monoisotopic (exact) mass is 310 g/mol. The van der Waals surface area contributed by atoms with E-state index >= 15 is 0 Å². The van der Waals surface area contributed by atoms with E-state index in [0.29, 0.717) is 13.0 Å². The molecule has 0 unspecified atom stereocenters. The topological polar surface area (TPSA) is 32.3 Å². The van der Waals surface area contributed by atoms with Crippen LogP contribution in [0.3, 0.4) is 0 Å². The molecule has 0 aromatic heterocycles. The summed E-state index contributed by atoms with van der Waals surface area (Å²) in [5.74, 6) is 0.0941. The second-order valence-corrected chi connectivity index (χ2v) is 5.93. The van der Waals surface area contributed by atoms with E-state index in [9.17, 15) is 4.79 Å². The van der Waals surface area contributed by atoms with Crippen molar-refractivity contribution in [3.8, 4) is 0 Å². The number of aryl methyl sites for hydroxylation is 2. The molecule has 122 valence electrons. The summed E-state index contributed by atoms with van der Waals surface area (Å²) in [6.07, 6.45) is 0.508. The quantitative estimate of drug-likeness (QED) is 0.843. The predicted octanol–water partition coefficient (Wildman–Crippen LogP) is 3.84. The number of hydrogen-bond donors (Lipinski definition) is 1. The highest BCUT2D eigenvalue weighted by atomic mass is 16.1. The predicted molar refractivity (Wildman–Crippen MR) is 96.7 cm³/mol. The largest absolute Gasteiger partial charge is 0.371 e. The Morgan fingerprint density at radius 3 is 2.43 bits per heavy atom. The van der Waals surface area contributed by atoms with Crippen LogP contribution in [0.4, 0.5) is 5.69 Å². The Morgan fingerprint density at radius 2 is 1.78 bits per heavy atom. The fourth-order valence-corrected chi connectivity index (χ4v) is 2.53. The SMILES string of the molecule is CCN(CCC(=O)NCc1ccc(C)cc1)c1cccc(C)c1. The maximum Gasteiger partial charge on any atom is 0.222 e. The first-order valence-electron chi connectivity index (χ1n) is 8.22. The lowest BCUT2D eigenvalue weighted by atomic mass is 10.1. The third-order valence-electron chi connectivity index (χ3n) is 3.97. The molecule has 0 aliphatic rings. The molecule has 0 radical (unpaired) electrons. The van der Waals surface area contributed by atoms with Crippen LogP contribution < -0.4 is 10.2 Å². The molecule has 1 amide bonds. The number of nitrogens with zero attached hydrogens (tertiary/aromatic N) is 1. The van der Waals surface area contributed by atoms with Crippen LogP contribution in [0.5, 0.6) is 0 Å². The fourth-order valence-electron chi connectivity index (χ4n) is 2.53. The normalized spacial score (nSPS) is 10.4. The summed E-state index contributed by atoms with van der Waals surface area (Å²) >= 11 is 0. The molecule has 3 heteroatoms. The van der Waals surface area contributed by atoms with Crippen molar-refractivity contribution >= 4 is 11.6 Å². The van der Waals surface area contributed by atoms with Gasteiger partial charge in [-0.1, -0.05) is 42.0 Å². The van der Waals surface area contributed by atoms with Crippen molar-refractivity contribution in [2.45, 2.75) is 33.7 Å². The van der Waals surface area contributed by atoms with Crippen LogP contribution in [0.1, 0.15) is 30.0 Å². The Morgan fingerprint density at radius 1 is 1.04 bits per heavy atom. The molecule has 3 nitrogen and oxygen atoms in total. The Bertz CT molecular complexity index is 634. The van der Waals surface area contributed by atoms with Gasteiger partial charge in [-0.05, 0) is 44.0 Å². The molecule has 0 bridgehead atoms. The summed E-state index contributed by atoms with van der Waals surface area (Å²) in [4.78, 5) is 14.3. The van der Waals surface area contributed by atoms with Gasteiger partial charge in [0.2, 0.25) is 5.91 Å². The van der Waals surface area contributed by atoms with E-state index in [-0.39, 0.29) is 5.91 Å². The highest BCUT2D eigenvalue weighted by Gasteiger charge is 2.08. The summed E-state index contributed by atoms with van der Waals surface area (Å²) in [5.41, 5.74) is 4.79. The van der Waals surface area contributed by atoms with Crippen LogP contribution in [0.25, 0.3) is 0 Å². The Kier molecular flexibility index (Phi) is 6.21. The smallest absolute Gasteiger partial charge is 0.222 e. The molecule has 0 spiro atoms. The number of amides is 1. The van der Waals surface area contributed by atoms with E-state index in [0.717, 1.165) is 18.7 Å². The average Bonchev–Trinajstić information content (AvgIpc) is 2.55. The van der Waals surface area contributed by atoms with Crippen molar-refractivity contribution in [1.29, 1.82) is 0 Å². The van der Waals surface area contributed by atoms with Gasteiger partial charge in [-0.15, -0.1) is 0 Å². The zero-order valence-corrected chi connectivity index (χ0v) is 14.3. The van der Waals surface area contributed by atoms with Crippen LogP contribution in [0, 0.1) is 13.8 Å². The summed E-state index contributed by atoms with van der Waals surface area (Å²) in [5, 5.41) is 3.00. The van der Waals surface area contributed by atoms with Gasteiger partial charge in [-0.2, -0.15) is 0 Å². The van der Waals surface area contributed by atoms with Crippen molar-refractivity contribution in [3.05, 3.63) is 65.2 Å². The average molecular weight is 310 g/mol. The second-order valence-electron chi connectivity index (χ2n) is 5.93. The summed E-state index contributed by atoms with van der Waals surface area (Å²) in [6, 6.07) is 16.7. The molecule has 0 saturated carbocycles. The molecule has 23 heavy (non-hydrogen) atoms. The molecular weight excluding hydrogens is 284 g/mol. The van der Waals surface area contributed by atoms with Gasteiger partial charge in [0.25, 0.3) is 0 Å². The van der Waals surface area contributed by atoms with Crippen molar-refractivity contribution < 1.29 is 4.79 Å². The molecule has 0 heterocycles. The molecule has 0 aliphatic heterocycles.